The van der Waals surface area contributed by atoms with Crippen molar-refractivity contribution < 1.29 is 14.3 Å². The van der Waals surface area contributed by atoms with E-state index in [1.807, 2.05) is 32.0 Å². The van der Waals surface area contributed by atoms with Crippen molar-refractivity contribution in [3.63, 3.8) is 0 Å². The minimum Gasteiger partial charge on any atom is -0.493 e. The van der Waals surface area contributed by atoms with E-state index in [0.717, 1.165) is 29.7 Å². The van der Waals surface area contributed by atoms with Crippen molar-refractivity contribution in [2.24, 2.45) is 0 Å². The Morgan fingerprint density at radius 2 is 2.15 bits per heavy atom. The van der Waals surface area contributed by atoms with Crippen molar-refractivity contribution in [3.05, 3.63) is 29.3 Å². The number of rotatable bonds is 5. The van der Waals surface area contributed by atoms with Gasteiger partial charge in [0, 0.05) is 23.6 Å². The molecule has 1 aliphatic carbocycles. The summed E-state index contributed by atoms with van der Waals surface area (Å²) in [6.07, 6.45) is 2.69. The van der Waals surface area contributed by atoms with E-state index in [1.54, 1.807) is 0 Å². The highest BCUT2D eigenvalue weighted by Crippen LogP contribution is 2.29. The smallest absolute Gasteiger partial charge is 0.223 e. The zero-order valence-electron chi connectivity index (χ0n) is 12.1. The van der Waals surface area contributed by atoms with Crippen LogP contribution < -0.4 is 10.1 Å². The molecule has 0 saturated heterocycles. The van der Waals surface area contributed by atoms with Crippen LogP contribution in [0.5, 0.6) is 5.75 Å². The quantitative estimate of drug-likeness (QED) is 0.898. The summed E-state index contributed by atoms with van der Waals surface area (Å²) in [5.74, 6) is 0.919. The van der Waals surface area contributed by atoms with Gasteiger partial charge in [-0.3, -0.25) is 9.59 Å². The van der Waals surface area contributed by atoms with E-state index in [1.165, 1.54) is 0 Å². The molecule has 0 bridgehead atoms. The molecule has 0 atom stereocenters. The molecule has 4 heteroatoms. The standard InChI is InChI=1S/C16H21NO3/c1-11(2)17-16(19)9-10-20-15-8-4-5-12-13(15)6-3-7-14(12)18/h4-5,8,11H,3,6-7,9-10H2,1-2H3,(H,17,19). The van der Waals surface area contributed by atoms with Gasteiger partial charge in [-0.25, -0.2) is 0 Å². The predicted molar refractivity (Wildman–Crippen MR) is 77.1 cm³/mol. The number of carbonyl (C=O) groups is 2. The monoisotopic (exact) mass is 275 g/mol. The lowest BCUT2D eigenvalue weighted by Crippen LogP contribution is -2.31. The highest BCUT2D eigenvalue weighted by Gasteiger charge is 2.20. The second kappa shape index (κ2) is 6.55. The van der Waals surface area contributed by atoms with Crippen molar-refractivity contribution in [1.29, 1.82) is 0 Å². The van der Waals surface area contributed by atoms with Gasteiger partial charge in [0.2, 0.25) is 5.91 Å². The van der Waals surface area contributed by atoms with Crippen LogP contribution in [0.1, 0.15) is 49.0 Å². The Hall–Kier alpha value is -1.84. The fourth-order valence-electron chi connectivity index (χ4n) is 2.43. The lowest BCUT2D eigenvalue weighted by atomic mass is 9.90. The number of Topliss-reactive ketones (excluding diaryl/α,β-unsaturated/α-hetero) is 1. The molecule has 1 aromatic carbocycles. The first-order valence-electron chi connectivity index (χ1n) is 7.15. The van der Waals surface area contributed by atoms with E-state index in [9.17, 15) is 9.59 Å². The molecule has 0 aromatic heterocycles. The second-order valence-electron chi connectivity index (χ2n) is 5.38. The minimum absolute atomic E-state index is 0.0131. The van der Waals surface area contributed by atoms with E-state index in [2.05, 4.69) is 5.32 Å². The largest absolute Gasteiger partial charge is 0.493 e. The second-order valence-corrected chi connectivity index (χ2v) is 5.38. The molecule has 0 saturated carbocycles. The fourth-order valence-corrected chi connectivity index (χ4v) is 2.43. The summed E-state index contributed by atoms with van der Waals surface area (Å²) in [5, 5.41) is 2.83. The Kier molecular flexibility index (Phi) is 4.77. The van der Waals surface area contributed by atoms with Crippen molar-refractivity contribution in [3.8, 4) is 5.75 Å². The van der Waals surface area contributed by atoms with Gasteiger partial charge in [0.15, 0.2) is 5.78 Å². The van der Waals surface area contributed by atoms with Crippen LogP contribution in [-0.2, 0) is 11.2 Å². The zero-order chi connectivity index (χ0) is 14.5. The summed E-state index contributed by atoms with van der Waals surface area (Å²) in [7, 11) is 0. The molecule has 0 heterocycles. The topological polar surface area (TPSA) is 55.4 Å². The van der Waals surface area contributed by atoms with Gasteiger partial charge in [-0.1, -0.05) is 12.1 Å². The number of hydrogen-bond acceptors (Lipinski definition) is 3. The minimum atomic E-state index is -0.0131. The molecule has 20 heavy (non-hydrogen) atoms. The third-order valence-electron chi connectivity index (χ3n) is 3.30. The molecule has 1 aromatic rings. The highest BCUT2D eigenvalue weighted by molar-refractivity contribution is 5.99. The molecule has 0 radical (unpaired) electrons. The van der Waals surface area contributed by atoms with E-state index < -0.39 is 0 Å². The number of nitrogens with one attached hydrogen (secondary N) is 1. The van der Waals surface area contributed by atoms with Crippen LogP contribution in [-0.4, -0.2) is 24.3 Å². The molecule has 1 aliphatic rings. The number of ketones is 1. The first-order chi connectivity index (χ1) is 9.58. The third-order valence-corrected chi connectivity index (χ3v) is 3.30. The van der Waals surface area contributed by atoms with Crippen molar-refractivity contribution in [2.75, 3.05) is 6.61 Å². The van der Waals surface area contributed by atoms with E-state index in [4.69, 9.17) is 4.74 Å². The Balaban J connectivity index is 1.95. The van der Waals surface area contributed by atoms with Crippen LogP contribution in [0.4, 0.5) is 0 Å². The summed E-state index contributed by atoms with van der Waals surface area (Å²) < 4.78 is 5.69. The average Bonchev–Trinajstić information content (AvgIpc) is 2.39. The van der Waals surface area contributed by atoms with E-state index >= 15 is 0 Å². The van der Waals surface area contributed by atoms with Crippen molar-refractivity contribution >= 4 is 11.7 Å². The summed E-state index contributed by atoms with van der Waals surface area (Å²) >= 11 is 0. The predicted octanol–water partition coefficient (Wildman–Crippen LogP) is 2.50. The molecule has 0 aliphatic heterocycles. The first-order valence-corrected chi connectivity index (χ1v) is 7.15. The Labute approximate surface area is 119 Å². The van der Waals surface area contributed by atoms with E-state index in [-0.39, 0.29) is 17.7 Å². The third kappa shape index (κ3) is 3.59. The SMILES string of the molecule is CC(C)NC(=O)CCOc1cccc2c1CCCC2=O. The number of hydrogen-bond donors (Lipinski definition) is 1. The van der Waals surface area contributed by atoms with Crippen LogP contribution in [0.2, 0.25) is 0 Å². The van der Waals surface area contributed by atoms with Gasteiger partial charge in [-0.2, -0.15) is 0 Å². The molecule has 108 valence electrons. The lowest BCUT2D eigenvalue weighted by Gasteiger charge is -2.18. The molecule has 1 N–H and O–H groups in total. The summed E-state index contributed by atoms with van der Waals surface area (Å²) in [6.45, 7) is 4.19. The summed E-state index contributed by atoms with van der Waals surface area (Å²) in [4.78, 5) is 23.4. The van der Waals surface area contributed by atoms with Gasteiger partial charge >= 0.3 is 0 Å². The van der Waals surface area contributed by atoms with Crippen LogP contribution in [0, 0.1) is 0 Å². The first kappa shape index (κ1) is 14.6. The van der Waals surface area contributed by atoms with E-state index in [0.29, 0.717) is 19.4 Å². The molecule has 0 unspecified atom stereocenters. The Morgan fingerprint density at radius 1 is 1.35 bits per heavy atom. The van der Waals surface area contributed by atoms with Gasteiger partial charge in [-0.15, -0.1) is 0 Å². The molecular formula is C16H21NO3. The number of benzene rings is 1. The Bertz CT molecular complexity index is 508. The number of fused-ring (bicyclic) bond motifs is 1. The lowest BCUT2D eigenvalue weighted by molar-refractivity contribution is -0.122. The number of ether oxygens (including phenoxy) is 1. The molecular weight excluding hydrogens is 254 g/mol. The van der Waals surface area contributed by atoms with Gasteiger partial charge in [0.25, 0.3) is 0 Å². The van der Waals surface area contributed by atoms with Crippen LogP contribution in [0.15, 0.2) is 18.2 Å². The number of carbonyl (C=O) groups excluding carboxylic acids is 2. The number of amides is 1. The summed E-state index contributed by atoms with van der Waals surface area (Å²) in [6, 6.07) is 5.71. The zero-order valence-corrected chi connectivity index (χ0v) is 12.1. The highest BCUT2D eigenvalue weighted by atomic mass is 16.5. The molecule has 1 amide bonds. The molecule has 4 nitrogen and oxygen atoms in total. The van der Waals surface area contributed by atoms with Gasteiger partial charge in [-0.05, 0) is 32.8 Å². The summed E-state index contributed by atoms with van der Waals surface area (Å²) in [5.41, 5.74) is 1.77. The Morgan fingerprint density at radius 3 is 2.90 bits per heavy atom. The molecule has 2 rings (SSSR count). The molecule has 0 spiro atoms. The van der Waals surface area contributed by atoms with Crippen molar-refractivity contribution in [2.45, 2.75) is 45.6 Å². The normalized spacial score (nSPS) is 14.1. The van der Waals surface area contributed by atoms with Crippen molar-refractivity contribution in [1.82, 2.24) is 5.32 Å². The maximum absolute atomic E-state index is 11.8. The maximum Gasteiger partial charge on any atom is 0.223 e. The average molecular weight is 275 g/mol. The van der Waals surface area contributed by atoms with Crippen LogP contribution >= 0.6 is 0 Å². The van der Waals surface area contributed by atoms with Gasteiger partial charge in [0.1, 0.15) is 5.75 Å². The van der Waals surface area contributed by atoms with Crippen LogP contribution in [0.25, 0.3) is 0 Å². The fraction of sp³-hybridized carbons (Fsp3) is 0.500. The van der Waals surface area contributed by atoms with Crippen LogP contribution in [0.3, 0.4) is 0 Å². The maximum atomic E-state index is 11.8. The van der Waals surface area contributed by atoms with Gasteiger partial charge < -0.3 is 10.1 Å². The van der Waals surface area contributed by atoms with Gasteiger partial charge in [0.05, 0.1) is 13.0 Å². The molecule has 0 fully saturated rings.